The molecule has 0 atom stereocenters. The van der Waals surface area contributed by atoms with E-state index in [0.717, 1.165) is 12.1 Å². The largest absolute Gasteiger partial charge is 0.330 e. The van der Waals surface area contributed by atoms with Crippen LogP contribution in [-0.4, -0.2) is 25.7 Å². The number of nitrogens with two attached hydrogens (primary N) is 1. The smallest absolute Gasteiger partial charge is 0.211 e. The minimum absolute atomic E-state index is 0.133. The average Bonchev–Trinajstić information content (AvgIpc) is 2.68. The van der Waals surface area contributed by atoms with E-state index in [1.807, 2.05) is 5.38 Å². The summed E-state index contributed by atoms with van der Waals surface area (Å²) in [6, 6.07) is 0. The predicted molar refractivity (Wildman–Crippen MR) is 61.0 cm³/mol. The van der Waals surface area contributed by atoms with Crippen molar-refractivity contribution >= 4 is 21.4 Å². The summed E-state index contributed by atoms with van der Waals surface area (Å²) in [5, 5.41) is 1.82. The highest BCUT2D eigenvalue weighted by Crippen LogP contribution is 2.01. The molecule has 0 amide bonds. The van der Waals surface area contributed by atoms with Crippen LogP contribution in [0.5, 0.6) is 0 Å². The van der Waals surface area contributed by atoms with Gasteiger partial charge in [0.05, 0.1) is 23.5 Å². The third-order valence-corrected chi connectivity index (χ3v) is 3.87. The molecule has 0 saturated heterocycles. The maximum absolute atomic E-state index is 11.4. The fourth-order valence-corrected chi connectivity index (χ4v) is 2.67. The number of aromatic nitrogens is 1. The van der Waals surface area contributed by atoms with Crippen LogP contribution in [0.25, 0.3) is 0 Å². The van der Waals surface area contributed by atoms with Crippen molar-refractivity contribution in [2.24, 2.45) is 5.73 Å². The van der Waals surface area contributed by atoms with Crippen molar-refractivity contribution in [1.29, 1.82) is 0 Å². The molecule has 15 heavy (non-hydrogen) atoms. The fourth-order valence-electron chi connectivity index (χ4n) is 1.02. The summed E-state index contributed by atoms with van der Waals surface area (Å²) in [5.41, 5.74) is 7.72. The normalized spacial score (nSPS) is 11.8. The van der Waals surface area contributed by atoms with Crippen LogP contribution in [-0.2, 0) is 16.6 Å². The summed E-state index contributed by atoms with van der Waals surface area (Å²) < 4.78 is 25.3. The van der Waals surface area contributed by atoms with Crippen LogP contribution in [0.3, 0.4) is 0 Å². The Balaban J connectivity index is 2.30. The first kappa shape index (κ1) is 12.6. The van der Waals surface area contributed by atoms with Gasteiger partial charge in [-0.3, -0.25) is 0 Å². The number of nitrogens with one attached hydrogen (secondary N) is 1. The standard InChI is InChI=1S/C8H15N3O2S2/c9-3-1-2-4-15(12,13)11-5-8-6-14-7-10-8/h6-7,11H,1-5,9H2. The molecule has 0 spiro atoms. The number of sulfonamides is 1. The molecule has 3 N–H and O–H groups in total. The molecule has 1 rings (SSSR count). The topological polar surface area (TPSA) is 85.1 Å². The molecule has 1 heterocycles. The molecular formula is C8H15N3O2S2. The Bertz CT molecular complexity index is 361. The van der Waals surface area contributed by atoms with E-state index in [2.05, 4.69) is 9.71 Å². The highest BCUT2D eigenvalue weighted by Gasteiger charge is 2.09. The third-order valence-electron chi connectivity index (χ3n) is 1.82. The molecule has 0 unspecified atom stereocenters. The molecule has 1 aromatic heterocycles. The Morgan fingerprint density at radius 2 is 2.27 bits per heavy atom. The predicted octanol–water partition coefficient (Wildman–Crippen LogP) is 0.301. The lowest BCUT2D eigenvalue weighted by Crippen LogP contribution is -2.26. The summed E-state index contributed by atoms with van der Waals surface area (Å²) in [7, 11) is -3.17. The van der Waals surface area contributed by atoms with Gasteiger partial charge in [-0.15, -0.1) is 11.3 Å². The minimum Gasteiger partial charge on any atom is -0.330 e. The summed E-state index contributed by atoms with van der Waals surface area (Å²) in [4.78, 5) is 3.99. The van der Waals surface area contributed by atoms with E-state index in [1.54, 1.807) is 5.51 Å². The van der Waals surface area contributed by atoms with Gasteiger partial charge in [-0.1, -0.05) is 0 Å². The minimum atomic E-state index is -3.17. The van der Waals surface area contributed by atoms with E-state index in [0.29, 0.717) is 13.0 Å². The Morgan fingerprint density at radius 3 is 2.87 bits per heavy atom. The van der Waals surface area contributed by atoms with Gasteiger partial charge in [-0.25, -0.2) is 18.1 Å². The SMILES string of the molecule is NCCCCS(=O)(=O)NCc1cscn1. The molecule has 0 aliphatic heterocycles. The molecule has 0 fully saturated rings. The van der Waals surface area contributed by atoms with Gasteiger partial charge in [0.2, 0.25) is 10.0 Å². The van der Waals surface area contributed by atoms with E-state index in [-0.39, 0.29) is 12.3 Å². The van der Waals surface area contributed by atoms with Gasteiger partial charge in [-0.2, -0.15) is 0 Å². The van der Waals surface area contributed by atoms with Crippen molar-refractivity contribution in [3.05, 3.63) is 16.6 Å². The zero-order chi connectivity index (χ0) is 11.1. The molecule has 0 radical (unpaired) electrons. The Labute approximate surface area is 93.8 Å². The second-order valence-electron chi connectivity index (χ2n) is 3.12. The van der Waals surface area contributed by atoms with Crippen molar-refractivity contribution in [3.8, 4) is 0 Å². The van der Waals surface area contributed by atoms with Crippen LogP contribution >= 0.6 is 11.3 Å². The molecule has 5 nitrogen and oxygen atoms in total. The van der Waals surface area contributed by atoms with E-state index in [4.69, 9.17) is 5.73 Å². The van der Waals surface area contributed by atoms with E-state index in [1.165, 1.54) is 11.3 Å². The Hall–Kier alpha value is -0.500. The average molecular weight is 249 g/mol. The number of thiazole rings is 1. The molecule has 1 aromatic rings. The van der Waals surface area contributed by atoms with Crippen LogP contribution in [0.2, 0.25) is 0 Å². The first-order valence-corrected chi connectivity index (χ1v) is 7.28. The van der Waals surface area contributed by atoms with Crippen LogP contribution in [0.1, 0.15) is 18.5 Å². The molecule has 0 saturated carbocycles. The highest BCUT2D eigenvalue weighted by atomic mass is 32.2. The number of unbranched alkanes of at least 4 members (excludes halogenated alkanes) is 1. The fraction of sp³-hybridized carbons (Fsp3) is 0.625. The molecule has 0 aliphatic rings. The third kappa shape index (κ3) is 5.22. The number of hydrogen-bond donors (Lipinski definition) is 2. The molecule has 7 heteroatoms. The molecule has 0 aromatic carbocycles. The highest BCUT2D eigenvalue weighted by molar-refractivity contribution is 7.89. The quantitative estimate of drug-likeness (QED) is 0.681. The second-order valence-corrected chi connectivity index (χ2v) is 5.76. The first-order chi connectivity index (χ1) is 7.14. The lowest BCUT2D eigenvalue weighted by atomic mass is 10.3. The van der Waals surface area contributed by atoms with Gasteiger partial charge in [0.15, 0.2) is 0 Å². The first-order valence-electron chi connectivity index (χ1n) is 4.68. The van der Waals surface area contributed by atoms with E-state index >= 15 is 0 Å². The van der Waals surface area contributed by atoms with Crippen LogP contribution in [0, 0.1) is 0 Å². The molecule has 0 bridgehead atoms. The van der Waals surface area contributed by atoms with E-state index < -0.39 is 10.0 Å². The van der Waals surface area contributed by atoms with Crippen LogP contribution in [0.4, 0.5) is 0 Å². The van der Waals surface area contributed by atoms with Crippen molar-refractivity contribution in [2.75, 3.05) is 12.3 Å². The van der Waals surface area contributed by atoms with Gasteiger partial charge in [-0.05, 0) is 19.4 Å². The van der Waals surface area contributed by atoms with Gasteiger partial charge in [0.25, 0.3) is 0 Å². The maximum Gasteiger partial charge on any atom is 0.211 e. The van der Waals surface area contributed by atoms with Crippen LogP contribution in [0.15, 0.2) is 10.9 Å². The Morgan fingerprint density at radius 1 is 1.47 bits per heavy atom. The molecular weight excluding hydrogens is 234 g/mol. The number of rotatable bonds is 7. The van der Waals surface area contributed by atoms with Gasteiger partial charge in [0, 0.05) is 5.38 Å². The summed E-state index contributed by atoms with van der Waals surface area (Å²) in [6.07, 6.45) is 1.33. The van der Waals surface area contributed by atoms with Crippen molar-refractivity contribution in [1.82, 2.24) is 9.71 Å². The second kappa shape index (κ2) is 6.16. The van der Waals surface area contributed by atoms with Crippen molar-refractivity contribution in [2.45, 2.75) is 19.4 Å². The zero-order valence-corrected chi connectivity index (χ0v) is 9.98. The Kier molecular flexibility index (Phi) is 5.16. The van der Waals surface area contributed by atoms with Crippen molar-refractivity contribution in [3.63, 3.8) is 0 Å². The van der Waals surface area contributed by atoms with Gasteiger partial charge in [0.1, 0.15) is 0 Å². The molecule has 86 valence electrons. The lowest BCUT2D eigenvalue weighted by molar-refractivity contribution is 0.576. The summed E-state index contributed by atoms with van der Waals surface area (Å²) in [6.45, 7) is 0.802. The van der Waals surface area contributed by atoms with Gasteiger partial charge < -0.3 is 5.73 Å². The monoisotopic (exact) mass is 249 g/mol. The van der Waals surface area contributed by atoms with Gasteiger partial charge >= 0.3 is 0 Å². The van der Waals surface area contributed by atoms with E-state index in [9.17, 15) is 8.42 Å². The molecule has 0 aliphatic carbocycles. The lowest BCUT2D eigenvalue weighted by Gasteiger charge is -2.04. The number of hydrogen-bond acceptors (Lipinski definition) is 5. The zero-order valence-electron chi connectivity index (χ0n) is 8.35. The van der Waals surface area contributed by atoms with Crippen LogP contribution < -0.4 is 10.5 Å². The summed E-state index contributed by atoms with van der Waals surface area (Å²) >= 11 is 1.45. The maximum atomic E-state index is 11.4. The number of nitrogens with zero attached hydrogens (tertiary/aromatic N) is 1. The van der Waals surface area contributed by atoms with Crippen molar-refractivity contribution < 1.29 is 8.42 Å². The summed E-state index contributed by atoms with van der Waals surface area (Å²) in [5.74, 6) is 0.133.